The molecule has 0 unspecified atom stereocenters. The van der Waals surface area contributed by atoms with Crippen molar-refractivity contribution in [2.45, 2.75) is 5.32 Å². The van der Waals surface area contributed by atoms with Gasteiger partial charge in [-0.2, -0.15) is 0 Å². The number of anilines is 1. The molecule has 1 N–H and O–H groups in total. The van der Waals surface area contributed by atoms with Crippen molar-refractivity contribution in [3.8, 4) is 5.75 Å². The van der Waals surface area contributed by atoms with Crippen molar-refractivity contribution in [2.75, 3.05) is 19.0 Å². The molecule has 2 rings (SSSR count). The van der Waals surface area contributed by atoms with E-state index in [1.54, 1.807) is 7.11 Å². The second-order valence-corrected chi connectivity index (χ2v) is 5.16. The molecule has 0 aliphatic carbocycles. The summed E-state index contributed by atoms with van der Waals surface area (Å²) in [6.07, 6.45) is 0. The first-order valence-electron chi connectivity index (χ1n) is 4.47. The van der Waals surface area contributed by atoms with E-state index in [1.807, 2.05) is 24.3 Å². The molecule has 0 spiro atoms. The van der Waals surface area contributed by atoms with Gasteiger partial charge in [-0.3, -0.25) is 0 Å². The first-order chi connectivity index (χ1) is 6.88. The molecule has 1 heterocycles. The summed E-state index contributed by atoms with van der Waals surface area (Å²) in [7, 11) is 1.67. The Kier molecular flexibility index (Phi) is 3.06. The Morgan fingerprint density at radius 1 is 1.36 bits per heavy atom. The van der Waals surface area contributed by atoms with Gasteiger partial charge in [0.2, 0.25) is 0 Å². The molecule has 0 saturated heterocycles. The molecule has 1 aliphatic rings. The van der Waals surface area contributed by atoms with Crippen molar-refractivity contribution in [3.63, 3.8) is 0 Å². The standard InChI is InChI=1S/C10H12N2OSe/c1-13-9-4-2-8(3-5-9)12-10-11-6-7-14-10/h2-5H,6-7H2,1H3,(H,11,12). The molecule has 0 bridgehead atoms. The average molecular weight is 255 g/mol. The van der Waals surface area contributed by atoms with Crippen LogP contribution in [0.25, 0.3) is 0 Å². The molecule has 0 fully saturated rings. The molecule has 1 aliphatic heterocycles. The van der Waals surface area contributed by atoms with E-state index in [2.05, 4.69) is 10.3 Å². The zero-order chi connectivity index (χ0) is 9.80. The zero-order valence-corrected chi connectivity index (χ0v) is 9.70. The summed E-state index contributed by atoms with van der Waals surface area (Å²) in [6.45, 7) is 0.985. The normalized spacial score (nSPS) is 15.1. The summed E-state index contributed by atoms with van der Waals surface area (Å²) in [5, 5.41) is 4.54. The fourth-order valence-corrected chi connectivity index (χ4v) is 2.78. The number of methoxy groups -OCH3 is 1. The Balaban J connectivity index is 2.02. The Morgan fingerprint density at radius 3 is 2.71 bits per heavy atom. The van der Waals surface area contributed by atoms with Crippen LogP contribution in [-0.4, -0.2) is 33.3 Å². The number of nitrogens with zero attached hydrogens (tertiary/aromatic N) is 1. The quantitative estimate of drug-likeness (QED) is 0.814. The van der Waals surface area contributed by atoms with E-state index in [0.717, 1.165) is 22.7 Å². The SMILES string of the molecule is COc1ccc(NC2=NCC[Se]2)cc1. The van der Waals surface area contributed by atoms with Crippen LogP contribution in [0.4, 0.5) is 5.69 Å². The molecule has 3 nitrogen and oxygen atoms in total. The Morgan fingerprint density at radius 2 is 2.14 bits per heavy atom. The number of nitrogens with one attached hydrogen (secondary N) is 1. The third-order valence-corrected chi connectivity index (χ3v) is 3.80. The number of rotatable bonds is 2. The second kappa shape index (κ2) is 4.49. The van der Waals surface area contributed by atoms with E-state index in [4.69, 9.17) is 4.74 Å². The Labute approximate surface area is 89.7 Å². The molecule has 0 radical (unpaired) electrons. The van der Waals surface area contributed by atoms with Gasteiger partial charge >= 0.3 is 89.4 Å². The van der Waals surface area contributed by atoms with Crippen LogP contribution in [0.1, 0.15) is 0 Å². The molecule has 1 aromatic carbocycles. The van der Waals surface area contributed by atoms with Crippen LogP contribution < -0.4 is 10.1 Å². The minimum atomic E-state index is 0.542. The fourth-order valence-electron chi connectivity index (χ4n) is 1.21. The van der Waals surface area contributed by atoms with Crippen LogP contribution in [0.15, 0.2) is 29.3 Å². The topological polar surface area (TPSA) is 33.6 Å². The van der Waals surface area contributed by atoms with Gasteiger partial charge in [0.1, 0.15) is 0 Å². The van der Waals surface area contributed by atoms with E-state index in [0.29, 0.717) is 15.0 Å². The maximum atomic E-state index is 5.09. The molecule has 0 saturated carbocycles. The summed E-state index contributed by atoms with van der Waals surface area (Å²) in [5.41, 5.74) is 1.09. The zero-order valence-electron chi connectivity index (χ0n) is 7.99. The first kappa shape index (κ1) is 9.56. The fraction of sp³-hybridized carbons (Fsp3) is 0.300. The van der Waals surface area contributed by atoms with E-state index in [-0.39, 0.29) is 0 Å². The van der Waals surface area contributed by atoms with E-state index in [1.165, 1.54) is 5.32 Å². The maximum absolute atomic E-state index is 5.09. The monoisotopic (exact) mass is 256 g/mol. The predicted octanol–water partition coefficient (Wildman–Crippen LogP) is 1.60. The van der Waals surface area contributed by atoms with Gasteiger partial charge in [-0.1, -0.05) is 0 Å². The molecule has 14 heavy (non-hydrogen) atoms. The summed E-state index contributed by atoms with van der Waals surface area (Å²) >= 11 is 0.542. The van der Waals surface area contributed by atoms with Gasteiger partial charge in [-0.25, -0.2) is 0 Å². The van der Waals surface area contributed by atoms with E-state index >= 15 is 0 Å². The molecule has 4 heteroatoms. The van der Waals surface area contributed by atoms with E-state index < -0.39 is 0 Å². The molecule has 74 valence electrons. The minimum absolute atomic E-state index is 0.542. The van der Waals surface area contributed by atoms with Crippen molar-refractivity contribution in [1.29, 1.82) is 0 Å². The molecule has 1 aromatic rings. The van der Waals surface area contributed by atoms with Crippen molar-refractivity contribution in [2.24, 2.45) is 4.99 Å². The molecule has 0 amide bonds. The first-order valence-corrected chi connectivity index (χ1v) is 6.53. The van der Waals surface area contributed by atoms with Crippen LogP contribution >= 0.6 is 0 Å². The number of benzene rings is 1. The van der Waals surface area contributed by atoms with Gasteiger partial charge in [0.25, 0.3) is 0 Å². The second-order valence-electron chi connectivity index (χ2n) is 2.89. The number of ether oxygens (including phenoxy) is 1. The van der Waals surface area contributed by atoms with Gasteiger partial charge in [-0.15, -0.1) is 0 Å². The number of hydrogen-bond acceptors (Lipinski definition) is 3. The van der Waals surface area contributed by atoms with Crippen LogP contribution in [0, 0.1) is 0 Å². The molecular formula is C10H12N2OSe. The van der Waals surface area contributed by atoms with Gasteiger partial charge < -0.3 is 0 Å². The predicted molar refractivity (Wildman–Crippen MR) is 59.5 cm³/mol. The van der Waals surface area contributed by atoms with Crippen molar-refractivity contribution >= 4 is 25.4 Å². The van der Waals surface area contributed by atoms with Crippen molar-refractivity contribution in [3.05, 3.63) is 24.3 Å². The number of aliphatic imine (C=N–C) groups is 1. The Hall–Kier alpha value is -0.991. The van der Waals surface area contributed by atoms with Crippen LogP contribution in [0.5, 0.6) is 5.75 Å². The summed E-state index contributed by atoms with van der Waals surface area (Å²) < 4.78 is 6.24. The van der Waals surface area contributed by atoms with Crippen molar-refractivity contribution < 1.29 is 4.74 Å². The third-order valence-electron chi connectivity index (χ3n) is 1.93. The van der Waals surface area contributed by atoms with Gasteiger partial charge in [0, 0.05) is 0 Å². The van der Waals surface area contributed by atoms with Crippen LogP contribution in [0.3, 0.4) is 0 Å². The van der Waals surface area contributed by atoms with Crippen LogP contribution in [-0.2, 0) is 0 Å². The van der Waals surface area contributed by atoms with E-state index in [9.17, 15) is 0 Å². The van der Waals surface area contributed by atoms with Gasteiger partial charge in [0.05, 0.1) is 0 Å². The number of hydrogen-bond donors (Lipinski definition) is 1. The third kappa shape index (κ3) is 2.28. The summed E-state index contributed by atoms with van der Waals surface area (Å²) in [5.74, 6) is 0.884. The molecular weight excluding hydrogens is 243 g/mol. The van der Waals surface area contributed by atoms with Crippen molar-refractivity contribution in [1.82, 2.24) is 0 Å². The number of amidine groups is 1. The molecule has 0 atom stereocenters. The van der Waals surface area contributed by atoms with Gasteiger partial charge in [0.15, 0.2) is 0 Å². The Bertz CT molecular complexity index is 334. The summed E-state index contributed by atoms with van der Waals surface area (Å²) in [6, 6.07) is 7.92. The van der Waals surface area contributed by atoms with Crippen LogP contribution in [0.2, 0.25) is 5.32 Å². The molecule has 0 aromatic heterocycles. The summed E-state index contributed by atoms with van der Waals surface area (Å²) in [4.78, 5) is 4.38. The van der Waals surface area contributed by atoms with Gasteiger partial charge in [-0.05, 0) is 0 Å². The average Bonchev–Trinajstić information content (AvgIpc) is 2.72.